The summed E-state index contributed by atoms with van der Waals surface area (Å²) < 4.78 is 29.0. The van der Waals surface area contributed by atoms with E-state index in [1.807, 2.05) is 55.5 Å². The molecule has 0 bridgehead atoms. The zero-order chi connectivity index (χ0) is 23.4. The molecule has 1 N–H and O–H groups in total. The van der Waals surface area contributed by atoms with E-state index in [4.69, 9.17) is 0 Å². The van der Waals surface area contributed by atoms with Crippen LogP contribution in [0.5, 0.6) is 0 Å². The fraction of sp³-hybridized carbons (Fsp3) is 0.269. The minimum atomic E-state index is -3.62. The van der Waals surface area contributed by atoms with Gasteiger partial charge in [-0.05, 0) is 73.2 Å². The van der Waals surface area contributed by atoms with Crippen molar-refractivity contribution in [3.8, 4) is 0 Å². The normalized spacial score (nSPS) is 14.4. The number of nitrogens with one attached hydrogen (secondary N) is 1. The molecule has 0 aromatic heterocycles. The van der Waals surface area contributed by atoms with E-state index in [-0.39, 0.29) is 16.8 Å². The zero-order valence-corrected chi connectivity index (χ0v) is 20.9. The van der Waals surface area contributed by atoms with Crippen molar-refractivity contribution in [3.63, 3.8) is 0 Å². The molecule has 3 aromatic rings. The monoisotopic (exact) mass is 526 g/mol. The van der Waals surface area contributed by atoms with Crippen molar-refractivity contribution in [2.24, 2.45) is 0 Å². The number of aryl methyl sites for hydroxylation is 2. The first kappa shape index (κ1) is 23.5. The molecular weight excluding hydrogens is 500 g/mol. The molecule has 1 unspecified atom stereocenters. The van der Waals surface area contributed by atoms with Gasteiger partial charge in [-0.25, -0.2) is 8.42 Å². The van der Waals surface area contributed by atoms with Crippen LogP contribution in [0.2, 0.25) is 0 Å². The fourth-order valence-electron chi connectivity index (χ4n) is 4.11. The number of carbonyl (C=O) groups excluding carboxylic acids is 1. The molecule has 0 fully saturated rings. The predicted octanol–water partition coefficient (Wildman–Crippen LogP) is 5.40. The number of hydrogen-bond acceptors (Lipinski definition) is 3. The van der Waals surface area contributed by atoms with Crippen LogP contribution in [0.3, 0.4) is 0 Å². The number of para-hydroxylation sites is 1. The Morgan fingerprint density at radius 2 is 1.73 bits per heavy atom. The molecule has 1 heterocycles. The summed E-state index contributed by atoms with van der Waals surface area (Å²) in [4.78, 5) is 12.7. The first-order valence-electron chi connectivity index (χ1n) is 11.1. The Hall–Kier alpha value is -2.64. The van der Waals surface area contributed by atoms with Crippen LogP contribution in [0.25, 0.3) is 0 Å². The number of halogens is 1. The average molecular weight is 527 g/mol. The Bertz CT molecular complexity index is 1230. The summed E-state index contributed by atoms with van der Waals surface area (Å²) in [7, 11) is -3.62. The van der Waals surface area contributed by atoms with Crippen LogP contribution in [0, 0.1) is 0 Å². The van der Waals surface area contributed by atoms with Crippen molar-refractivity contribution in [2.75, 3.05) is 10.8 Å². The molecule has 0 saturated carbocycles. The van der Waals surface area contributed by atoms with Crippen molar-refractivity contribution in [1.82, 2.24) is 5.32 Å². The summed E-state index contributed by atoms with van der Waals surface area (Å²) in [6, 6.07) is 22.4. The Morgan fingerprint density at radius 1 is 1.03 bits per heavy atom. The van der Waals surface area contributed by atoms with Gasteiger partial charge in [0, 0.05) is 17.4 Å². The van der Waals surface area contributed by atoms with E-state index in [2.05, 4.69) is 21.2 Å². The number of hydrogen-bond donors (Lipinski definition) is 1. The number of amides is 1. The van der Waals surface area contributed by atoms with Crippen LogP contribution in [0.1, 0.15) is 42.5 Å². The summed E-state index contributed by atoms with van der Waals surface area (Å²) in [5, 5.41) is 3.02. The van der Waals surface area contributed by atoms with Gasteiger partial charge in [0.05, 0.1) is 16.6 Å². The molecule has 5 nitrogen and oxygen atoms in total. The lowest BCUT2D eigenvalue weighted by atomic mass is 10.0. The van der Waals surface area contributed by atoms with Gasteiger partial charge >= 0.3 is 0 Å². The highest BCUT2D eigenvalue weighted by atomic mass is 79.9. The van der Waals surface area contributed by atoms with E-state index < -0.39 is 10.0 Å². The second-order valence-corrected chi connectivity index (χ2v) is 11.1. The number of sulfonamides is 1. The number of fused-ring (bicyclic) bond motifs is 1. The minimum Gasteiger partial charge on any atom is -0.350 e. The second-order valence-electron chi connectivity index (χ2n) is 8.29. The van der Waals surface area contributed by atoms with Gasteiger partial charge in [-0.2, -0.15) is 0 Å². The first-order valence-corrected chi connectivity index (χ1v) is 13.3. The molecule has 1 aliphatic rings. The van der Waals surface area contributed by atoms with E-state index in [1.165, 1.54) is 4.31 Å². The molecule has 7 heteroatoms. The molecule has 0 radical (unpaired) electrons. The lowest BCUT2D eigenvalue weighted by Gasteiger charge is -2.30. The van der Waals surface area contributed by atoms with E-state index in [0.29, 0.717) is 19.4 Å². The largest absolute Gasteiger partial charge is 0.350 e. The van der Waals surface area contributed by atoms with Crippen molar-refractivity contribution in [1.29, 1.82) is 0 Å². The molecular formula is C26H27BrN2O3S. The molecule has 4 rings (SSSR count). The molecule has 1 amide bonds. The molecule has 1 aliphatic heterocycles. The van der Waals surface area contributed by atoms with Crippen molar-refractivity contribution >= 4 is 37.5 Å². The number of benzene rings is 3. The lowest BCUT2D eigenvalue weighted by molar-refractivity contribution is -0.121. The molecule has 1 atom stereocenters. The summed E-state index contributed by atoms with van der Waals surface area (Å²) in [6.45, 7) is 2.44. The Kier molecular flexibility index (Phi) is 7.20. The summed E-state index contributed by atoms with van der Waals surface area (Å²) >= 11 is 3.42. The lowest BCUT2D eigenvalue weighted by Crippen LogP contribution is -2.35. The van der Waals surface area contributed by atoms with Crippen molar-refractivity contribution in [2.45, 2.75) is 43.5 Å². The van der Waals surface area contributed by atoms with E-state index in [1.54, 1.807) is 24.3 Å². The second kappa shape index (κ2) is 10.1. The predicted molar refractivity (Wildman–Crippen MR) is 135 cm³/mol. The summed E-state index contributed by atoms with van der Waals surface area (Å²) in [6.07, 6.45) is 2.59. The van der Waals surface area contributed by atoms with E-state index >= 15 is 0 Å². The van der Waals surface area contributed by atoms with Crippen molar-refractivity contribution in [3.05, 3.63) is 94.0 Å². The Balaban J connectivity index is 1.37. The van der Waals surface area contributed by atoms with Gasteiger partial charge in [-0.1, -0.05) is 58.4 Å². The van der Waals surface area contributed by atoms with E-state index in [9.17, 15) is 13.2 Å². The maximum Gasteiger partial charge on any atom is 0.264 e. The average Bonchev–Trinajstić information content (AvgIpc) is 2.83. The zero-order valence-electron chi connectivity index (χ0n) is 18.5. The third-order valence-corrected chi connectivity index (χ3v) is 8.32. The maximum atomic E-state index is 13.3. The van der Waals surface area contributed by atoms with Gasteiger partial charge in [-0.3, -0.25) is 9.10 Å². The molecule has 3 aromatic carbocycles. The van der Waals surface area contributed by atoms with Crippen LogP contribution in [0.4, 0.5) is 5.69 Å². The number of nitrogens with zero attached hydrogens (tertiary/aromatic N) is 1. The highest BCUT2D eigenvalue weighted by molar-refractivity contribution is 9.10. The van der Waals surface area contributed by atoms with Gasteiger partial charge in [0.15, 0.2) is 0 Å². The van der Waals surface area contributed by atoms with Gasteiger partial charge < -0.3 is 5.32 Å². The van der Waals surface area contributed by atoms with E-state index in [0.717, 1.165) is 39.7 Å². The topological polar surface area (TPSA) is 66.5 Å². The Morgan fingerprint density at radius 3 is 2.45 bits per heavy atom. The van der Waals surface area contributed by atoms with Crippen LogP contribution in [0.15, 0.2) is 82.2 Å². The first-order chi connectivity index (χ1) is 15.8. The van der Waals surface area contributed by atoms with Crippen LogP contribution >= 0.6 is 15.9 Å². The van der Waals surface area contributed by atoms with Gasteiger partial charge in [0.25, 0.3) is 10.0 Å². The van der Waals surface area contributed by atoms with Crippen LogP contribution < -0.4 is 9.62 Å². The quantitative estimate of drug-likeness (QED) is 0.448. The number of carbonyl (C=O) groups is 1. The van der Waals surface area contributed by atoms with Crippen LogP contribution in [-0.4, -0.2) is 20.9 Å². The van der Waals surface area contributed by atoms with Gasteiger partial charge in [0.1, 0.15) is 0 Å². The minimum absolute atomic E-state index is 0.0351. The van der Waals surface area contributed by atoms with Crippen LogP contribution in [-0.2, 0) is 27.7 Å². The Labute approximate surface area is 204 Å². The molecule has 172 valence electrons. The van der Waals surface area contributed by atoms with Crippen molar-refractivity contribution < 1.29 is 13.2 Å². The summed E-state index contributed by atoms with van der Waals surface area (Å²) in [5.74, 6) is -0.0351. The standard InChI is InChI=1S/C26H27BrN2O3S/c1-19(21-11-13-23(27)14-12-21)28-26(30)17-10-20-8-15-24(16-9-20)33(31,32)29-18-4-6-22-5-2-3-7-25(22)29/h2-3,5,7-9,11-16,19H,4,6,10,17-18H2,1H3,(H,28,30). The summed E-state index contributed by atoms with van der Waals surface area (Å²) in [5.41, 5.74) is 3.80. The third-order valence-electron chi connectivity index (χ3n) is 5.97. The third kappa shape index (κ3) is 5.47. The van der Waals surface area contributed by atoms with Gasteiger partial charge in [0.2, 0.25) is 5.91 Å². The SMILES string of the molecule is CC(NC(=O)CCc1ccc(S(=O)(=O)N2CCCc3ccccc32)cc1)c1ccc(Br)cc1. The molecule has 0 saturated heterocycles. The number of rotatable bonds is 7. The fourth-order valence-corrected chi connectivity index (χ4v) is 5.92. The highest BCUT2D eigenvalue weighted by Gasteiger charge is 2.28. The number of anilines is 1. The molecule has 33 heavy (non-hydrogen) atoms. The molecule has 0 spiro atoms. The highest BCUT2D eigenvalue weighted by Crippen LogP contribution is 2.31. The maximum absolute atomic E-state index is 13.3. The molecule has 0 aliphatic carbocycles. The smallest absolute Gasteiger partial charge is 0.264 e. The van der Waals surface area contributed by atoms with Gasteiger partial charge in [-0.15, -0.1) is 0 Å².